The number of hydrogen-bond donors (Lipinski definition) is 0. The largest absolute Gasteiger partial charge is 0.345 e. The second kappa shape index (κ2) is 7.04. The standard InChI is InChI=1S/C22H26N6O2/c1-26-12-8-22(19(26)30)16-28(20-24-10-4-11-25-20)15-21(22)6-13-27(14-7-21)18(29)17-5-2-3-9-23-17/h2-5,9-11H,6-8,12-16H2,1H3/t22-/m0/s1. The molecule has 0 aromatic carbocycles. The van der Waals surface area contributed by atoms with Crippen molar-refractivity contribution < 1.29 is 9.59 Å². The van der Waals surface area contributed by atoms with Gasteiger partial charge in [-0.05, 0) is 37.5 Å². The summed E-state index contributed by atoms with van der Waals surface area (Å²) in [5, 5.41) is 0. The number of pyridine rings is 1. The molecule has 0 radical (unpaired) electrons. The zero-order chi connectivity index (χ0) is 20.8. The number of nitrogens with zero attached hydrogens (tertiary/aromatic N) is 6. The molecule has 0 aliphatic carbocycles. The van der Waals surface area contributed by atoms with Gasteiger partial charge in [0.05, 0.1) is 5.41 Å². The van der Waals surface area contributed by atoms with E-state index in [1.165, 1.54) is 0 Å². The highest BCUT2D eigenvalue weighted by Crippen LogP contribution is 2.58. The molecule has 5 rings (SSSR count). The van der Waals surface area contributed by atoms with Gasteiger partial charge in [0.25, 0.3) is 5.91 Å². The summed E-state index contributed by atoms with van der Waals surface area (Å²) in [7, 11) is 1.90. The van der Waals surface area contributed by atoms with Crippen molar-refractivity contribution in [3.8, 4) is 0 Å². The second-order valence-corrected chi connectivity index (χ2v) is 8.75. The van der Waals surface area contributed by atoms with Crippen molar-refractivity contribution in [2.75, 3.05) is 44.7 Å². The third kappa shape index (κ3) is 2.77. The second-order valence-electron chi connectivity index (χ2n) is 8.75. The highest BCUT2D eigenvalue weighted by Gasteiger charge is 2.65. The third-order valence-electron chi connectivity index (χ3n) is 7.33. The summed E-state index contributed by atoms with van der Waals surface area (Å²) in [6.07, 6.45) is 7.59. The van der Waals surface area contributed by atoms with E-state index in [-0.39, 0.29) is 17.2 Å². The minimum Gasteiger partial charge on any atom is -0.345 e. The lowest BCUT2D eigenvalue weighted by molar-refractivity contribution is -0.140. The molecular formula is C22H26N6O2. The molecule has 2 aromatic heterocycles. The van der Waals surface area contributed by atoms with E-state index in [0.717, 1.165) is 32.4 Å². The minimum absolute atomic E-state index is 0.0318. The molecule has 0 unspecified atom stereocenters. The van der Waals surface area contributed by atoms with Gasteiger partial charge >= 0.3 is 0 Å². The van der Waals surface area contributed by atoms with Crippen LogP contribution in [0.3, 0.4) is 0 Å². The number of piperidine rings is 1. The molecule has 5 heterocycles. The van der Waals surface area contributed by atoms with Crippen molar-refractivity contribution in [2.45, 2.75) is 19.3 Å². The normalized spacial score (nSPS) is 25.5. The molecule has 3 saturated heterocycles. The summed E-state index contributed by atoms with van der Waals surface area (Å²) in [4.78, 5) is 45.3. The van der Waals surface area contributed by atoms with Crippen molar-refractivity contribution >= 4 is 17.8 Å². The van der Waals surface area contributed by atoms with E-state index >= 15 is 0 Å². The Morgan fingerprint density at radius 3 is 2.30 bits per heavy atom. The maximum absolute atomic E-state index is 13.4. The molecule has 2 spiro atoms. The monoisotopic (exact) mass is 406 g/mol. The summed E-state index contributed by atoms with van der Waals surface area (Å²) in [6, 6.07) is 7.21. The van der Waals surface area contributed by atoms with Crippen molar-refractivity contribution in [3.05, 3.63) is 48.5 Å². The van der Waals surface area contributed by atoms with E-state index < -0.39 is 5.41 Å². The van der Waals surface area contributed by atoms with Gasteiger partial charge in [-0.15, -0.1) is 0 Å². The van der Waals surface area contributed by atoms with Gasteiger partial charge < -0.3 is 14.7 Å². The van der Waals surface area contributed by atoms with Crippen LogP contribution in [0, 0.1) is 10.8 Å². The summed E-state index contributed by atoms with van der Waals surface area (Å²) in [6.45, 7) is 3.45. The topological polar surface area (TPSA) is 82.5 Å². The number of carbonyl (C=O) groups is 2. The first-order chi connectivity index (χ1) is 14.5. The molecule has 0 N–H and O–H groups in total. The number of aromatic nitrogens is 3. The average Bonchev–Trinajstić information content (AvgIpc) is 3.28. The van der Waals surface area contributed by atoms with E-state index in [2.05, 4.69) is 19.9 Å². The molecule has 2 aromatic rings. The zero-order valence-corrected chi connectivity index (χ0v) is 17.2. The third-order valence-corrected chi connectivity index (χ3v) is 7.33. The van der Waals surface area contributed by atoms with Crippen LogP contribution >= 0.6 is 0 Å². The Hall–Kier alpha value is -3.03. The van der Waals surface area contributed by atoms with Gasteiger partial charge in [0, 0.05) is 63.8 Å². The maximum Gasteiger partial charge on any atom is 0.272 e. The number of rotatable bonds is 2. The highest BCUT2D eigenvalue weighted by molar-refractivity contribution is 5.92. The molecule has 0 bridgehead atoms. The van der Waals surface area contributed by atoms with Crippen LogP contribution in [0.1, 0.15) is 29.8 Å². The molecule has 0 saturated carbocycles. The van der Waals surface area contributed by atoms with Crippen molar-refractivity contribution in [3.63, 3.8) is 0 Å². The Kier molecular flexibility index (Phi) is 4.45. The molecule has 8 heteroatoms. The van der Waals surface area contributed by atoms with E-state index in [1.54, 1.807) is 30.7 Å². The van der Waals surface area contributed by atoms with Crippen LogP contribution in [0.5, 0.6) is 0 Å². The predicted octanol–water partition coefficient (Wildman–Crippen LogP) is 1.46. The molecule has 8 nitrogen and oxygen atoms in total. The Bertz CT molecular complexity index is 945. The Labute approximate surface area is 175 Å². The first-order valence-corrected chi connectivity index (χ1v) is 10.5. The van der Waals surface area contributed by atoms with Gasteiger partial charge in [-0.3, -0.25) is 14.6 Å². The molecule has 3 aliphatic rings. The quantitative estimate of drug-likeness (QED) is 0.751. The first-order valence-electron chi connectivity index (χ1n) is 10.5. The lowest BCUT2D eigenvalue weighted by Crippen LogP contribution is -2.53. The Balaban J connectivity index is 1.42. The van der Waals surface area contributed by atoms with Crippen molar-refractivity contribution in [1.82, 2.24) is 24.8 Å². The molecule has 1 atom stereocenters. The fourth-order valence-electron chi connectivity index (χ4n) is 5.66. The summed E-state index contributed by atoms with van der Waals surface area (Å²) < 4.78 is 0. The maximum atomic E-state index is 13.4. The number of likely N-dealkylation sites (tertiary alicyclic amines) is 2. The van der Waals surface area contributed by atoms with Gasteiger partial charge in [0.15, 0.2) is 0 Å². The van der Waals surface area contributed by atoms with Gasteiger partial charge in [0.2, 0.25) is 11.9 Å². The lowest BCUT2D eigenvalue weighted by atomic mass is 9.60. The number of hydrogen-bond acceptors (Lipinski definition) is 6. The van der Waals surface area contributed by atoms with Crippen LogP contribution < -0.4 is 4.90 Å². The van der Waals surface area contributed by atoms with Crippen molar-refractivity contribution in [1.29, 1.82) is 0 Å². The fraction of sp³-hybridized carbons (Fsp3) is 0.500. The number of carbonyl (C=O) groups excluding carboxylic acids is 2. The van der Waals surface area contributed by atoms with E-state index in [0.29, 0.717) is 31.3 Å². The van der Waals surface area contributed by atoms with Gasteiger partial charge in [0.1, 0.15) is 5.69 Å². The SMILES string of the molecule is CN1CC[C@]2(CN(c3ncccn3)CC23CCN(C(=O)c2ccccn2)CC3)C1=O. The highest BCUT2D eigenvalue weighted by atomic mass is 16.2. The summed E-state index contributed by atoms with van der Waals surface area (Å²) in [5.41, 5.74) is -0.124. The van der Waals surface area contributed by atoms with E-state index in [9.17, 15) is 9.59 Å². The molecule has 30 heavy (non-hydrogen) atoms. The summed E-state index contributed by atoms with van der Waals surface area (Å²) in [5.74, 6) is 0.879. The average molecular weight is 406 g/mol. The number of anilines is 1. The molecule has 2 amide bonds. The minimum atomic E-state index is -0.429. The molecular weight excluding hydrogens is 380 g/mol. The van der Waals surface area contributed by atoms with Crippen LogP contribution in [0.4, 0.5) is 5.95 Å². The van der Waals surface area contributed by atoms with Crippen LogP contribution in [0.2, 0.25) is 0 Å². The molecule has 156 valence electrons. The van der Waals surface area contributed by atoms with Crippen LogP contribution in [0.15, 0.2) is 42.9 Å². The number of fused-ring (bicyclic) bond motifs is 1. The van der Waals surface area contributed by atoms with Crippen LogP contribution in [-0.4, -0.2) is 76.3 Å². The number of amides is 2. The lowest BCUT2D eigenvalue weighted by Gasteiger charge is -2.46. The summed E-state index contributed by atoms with van der Waals surface area (Å²) >= 11 is 0. The van der Waals surface area contributed by atoms with Crippen LogP contribution in [0.25, 0.3) is 0 Å². The van der Waals surface area contributed by atoms with E-state index in [4.69, 9.17) is 0 Å². The zero-order valence-electron chi connectivity index (χ0n) is 17.2. The smallest absolute Gasteiger partial charge is 0.272 e. The Morgan fingerprint density at radius 2 is 1.67 bits per heavy atom. The molecule has 3 fully saturated rings. The van der Waals surface area contributed by atoms with E-state index in [1.807, 2.05) is 29.0 Å². The fourth-order valence-corrected chi connectivity index (χ4v) is 5.66. The van der Waals surface area contributed by atoms with Gasteiger partial charge in [-0.25, -0.2) is 9.97 Å². The Morgan fingerprint density at radius 1 is 0.933 bits per heavy atom. The van der Waals surface area contributed by atoms with Crippen molar-refractivity contribution in [2.24, 2.45) is 10.8 Å². The predicted molar refractivity (Wildman–Crippen MR) is 111 cm³/mol. The van der Waals surface area contributed by atoms with Gasteiger partial charge in [-0.2, -0.15) is 0 Å². The first kappa shape index (κ1) is 19.0. The van der Waals surface area contributed by atoms with Gasteiger partial charge in [-0.1, -0.05) is 6.07 Å². The molecule has 3 aliphatic heterocycles. The van der Waals surface area contributed by atoms with Crippen LogP contribution in [-0.2, 0) is 4.79 Å².